The Balaban J connectivity index is 1.39. The number of carbonyl (C=O) groups excluding carboxylic acids is 1. The van der Waals surface area contributed by atoms with Crippen molar-refractivity contribution in [2.45, 2.75) is 13.0 Å². The lowest BCUT2D eigenvalue weighted by Gasteiger charge is -2.15. The van der Waals surface area contributed by atoms with Gasteiger partial charge < -0.3 is 14.8 Å². The number of pyridine rings is 1. The lowest BCUT2D eigenvalue weighted by atomic mass is 10.3. The van der Waals surface area contributed by atoms with E-state index < -0.39 is 16.9 Å². The van der Waals surface area contributed by atoms with E-state index in [1.54, 1.807) is 42.5 Å². The molecule has 0 saturated carbocycles. The molecular weight excluding hydrogens is 485 g/mol. The summed E-state index contributed by atoms with van der Waals surface area (Å²) in [6, 6.07) is 14.1. The van der Waals surface area contributed by atoms with Crippen LogP contribution < -0.4 is 14.8 Å². The molecule has 1 N–H and O–H groups in total. The van der Waals surface area contributed by atoms with Crippen LogP contribution in [0.1, 0.15) is 6.92 Å². The van der Waals surface area contributed by atoms with Crippen LogP contribution >= 0.6 is 23.2 Å². The van der Waals surface area contributed by atoms with Crippen LogP contribution in [0.5, 0.6) is 17.4 Å². The van der Waals surface area contributed by atoms with Gasteiger partial charge in [0.15, 0.2) is 6.10 Å². The highest BCUT2D eigenvalue weighted by Crippen LogP contribution is 2.26. The average molecular weight is 500 g/mol. The second kappa shape index (κ2) is 9.86. The molecule has 1 atom stereocenters. The third kappa shape index (κ3) is 5.48. The van der Waals surface area contributed by atoms with Gasteiger partial charge in [0.1, 0.15) is 16.7 Å². The Morgan fingerprint density at radius 1 is 1.03 bits per heavy atom. The fourth-order valence-electron chi connectivity index (χ4n) is 2.87. The zero-order valence-corrected chi connectivity index (χ0v) is 18.9. The first-order valence-electron chi connectivity index (χ1n) is 9.77. The Morgan fingerprint density at radius 3 is 2.50 bits per heavy atom. The normalized spacial score (nSPS) is 11.6. The second-order valence-corrected chi connectivity index (χ2v) is 7.75. The molecule has 4 aromatic rings. The van der Waals surface area contributed by atoms with E-state index in [1.165, 1.54) is 19.2 Å². The van der Waals surface area contributed by atoms with Crippen LogP contribution in [-0.4, -0.2) is 31.9 Å². The van der Waals surface area contributed by atoms with Crippen molar-refractivity contribution >= 4 is 51.6 Å². The average Bonchev–Trinajstić information content (AvgIpc) is 2.80. The topological polar surface area (TPSA) is 129 Å². The van der Waals surface area contributed by atoms with E-state index in [-0.39, 0.29) is 16.7 Å². The van der Waals surface area contributed by atoms with Crippen LogP contribution in [0.3, 0.4) is 0 Å². The number of hydrogen-bond acceptors (Lipinski definition) is 8. The molecule has 12 heteroatoms. The lowest BCUT2D eigenvalue weighted by molar-refractivity contribution is -0.384. The predicted molar refractivity (Wildman–Crippen MR) is 126 cm³/mol. The van der Waals surface area contributed by atoms with Crippen LogP contribution in [-0.2, 0) is 4.79 Å². The van der Waals surface area contributed by atoms with Gasteiger partial charge in [-0.25, -0.2) is 15.0 Å². The van der Waals surface area contributed by atoms with Crippen molar-refractivity contribution in [1.82, 2.24) is 15.0 Å². The number of nitro groups is 1. The molecule has 0 radical (unpaired) electrons. The van der Waals surface area contributed by atoms with Crippen molar-refractivity contribution in [2.24, 2.45) is 0 Å². The number of aromatic nitrogens is 3. The van der Waals surface area contributed by atoms with E-state index in [4.69, 9.17) is 32.7 Å². The number of amides is 1. The molecule has 2 aromatic carbocycles. The molecule has 0 aliphatic heterocycles. The summed E-state index contributed by atoms with van der Waals surface area (Å²) in [5, 5.41) is 14.1. The van der Waals surface area contributed by atoms with Gasteiger partial charge >= 0.3 is 5.69 Å². The van der Waals surface area contributed by atoms with Crippen LogP contribution in [0.4, 0.5) is 11.5 Å². The minimum absolute atomic E-state index is 0.00459. The number of hydrogen-bond donors (Lipinski definition) is 1. The molecule has 2 aromatic heterocycles. The number of rotatable bonds is 7. The summed E-state index contributed by atoms with van der Waals surface area (Å²) in [7, 11) is 0. The van der Waals surface area contributed by atoms with Gasteiger partial charge in [0.2, 0.25) is 11.7 Å². The van der Waals surface area contributed by atoms with Crippen molar-refractivity contribution in [3.05, 3.63) is 81.1 Å². The largest absolute Gasteiger partial charge is 0.481 e. The Morgan fingerprint density at radius 2 is 1.76 bits per heavy atom. The molecule has 1 amide bonds. The SMILES string of the molecule is CC(Oc1ccc(Oc2cnc3cc(Cl)ccc3n2)cc1)C(=O)Nc1nc(Cl)ccc1[N+](=O)[O-]. The fourth-order valence-corrected chi connectivity index (χ4v) is 3.18. The number of ether oxygens (including phenoxy) is 2. The monoisotopic (exact) mass is 499 g/mol. The van der Waals surface area contributed by atoms with E-state index in [0.29, 0.717) is 33.4 Å². The first-order chi connectivity index (χ1) is 16.3. The number of anilines is 1. The van der Waals surface area contributed by atoms with Gasteiger partial charge in [-0.3, -0.25) is 14.9 Å². The molecule has 0 bridgehead atoms. The first-order valence-corrected chi connectivity index (χ1v) is 10.5. The molecule has 34 heavy (non-hydrogen) atoms. The van der Waals surface area contributed by atoms with Gasteiger partial charge in [-0.05, 0) is 55.5 Å². The quantitative estimate of drug-likeness (QED) is 0.202. The maximum absolute atomic E-state index is 12.4. The number of fused-ring (bicyclic) bond motifs is 1. The van der Waals surface area contributed by atoms with Gasteiger partial charge in [-0.1, -0.05) is 23.2 Å². The third-order valence-electron chi connectivity index (χ3n) is 4.49. The summed E-state index contributed by atoms with van der Waals surface area (Å²) in [5.74, 6) is 0.255. The number of benzene rings is 2. The van der Waals surface area contributed by atoms with Crippen LogP contribution in [0.2, 0.25) is 10.2 Å². The second-order valence-electron chi connectivity index (χ2n) is 6.92. The molecule has 2 heterocycles. The minimum atomic E-state index is -0.981. The predicted octanol–water partition coefficient (Wildman–Crippen LogP) is 5.44. The van der Waals surface area contributed by atoms with Crippen LogP contribution in [0, 0.1) is 10.1 Å². The molecular formula is C22H15Cl2N5O5. The molecule has 1 unspecified atom stereocenters. The maximum atomic E-state index is 12.4. The summed E-state index contributed by atoms with van der Waals surface area (Å²) >= 11 is 11.7. The summed E-state index contributed by atoms with van der Waals surface area (Å²) in [4.78, 5) is 35.4. The van der Waals surface area contributed by atoms with Crippen molar-refractivity contribution in [1.29, 1.82) is 0 Å². The molecule has 0 fully saturated rings. The summed E-state index contributed by atoms with van der Waals surface area (Å²) in [5.41, 5.74) is 0.900. The smallest absolute Gasteiger partial charge is 0.311 e. The fraction of sp³-hybridized carbons (Fsp3) is 0.0909. The molecule has 0 saturated heterocycles. The highest BCUT2D eigenvalue weighted by atomic mass is 35.5. The third-order valence-corrected chi connectivity index (χ3v) is 4.93. The number of halogens is 2. The van der Waals surface area contributed by atoms with E-state index in [2.05, 4.69) is 20.3 Å². The summed E-state index contributed by atoms with van der Waals surface area (Å²) in [6.45, 7) is 1.49. The van der Waals surface area contributed by atoms with Crippen molar-refractivity contribution in [3.63, 3.8) is 0 Å². The molecule has 172 valence electrons. The van der Waals surface area contributed by atoms with Gasteiger partial charge in [0.25, 0.3) is 5.91 Å². The summed E-state index contributed by atoms with van der Waals surface area (Å²) in [6.07, 6.45) is 0.503. The van der Waals surface area contributed by atoms with Crippen molar-refractivity contribution in [3.8, 4) is 17.4 Å². The van der Waals surface area contributed by atoms with Crippen molar-refractivity contribution in [2.75, 3.05) is 5.32 Å². The zero-order chi connectivity index (χ0) is 24.2. The Bertz CT molecular complexity index is 1380. The molecule has 10 nitrogen and oxygen atoms in total. The van der Waals surface area contributed by atoms with Crippen molar-refractivity contribution < 1.29 is 19.2 Å². The zero-order valence-electron chi connectivity index (χ0n) is 17.4. The van der Waals surface area contributed by atoms with E-state index in [1.807, 2.05) is 0 Å². The number of carbonyl (C=O) groups is 1. The molecule has 4 rings (SSSR count). The Kier molecular flexibility index (Phi) is 6.71. The van der Waals surface area contributed by atoms with Gasteiger partial charge in [0, 0.05) is 11.1 Å². The summed E-state index contributed by atoms with van der Waals surface area (Å²) < 4.78 is 11.3. The minimum Gasteiger partial charge on any atom is -0.481 e. The maximum Gasteiger partial charge on any atom is 0.311 e. The first kappa shape index (κ1) is 23.1. The van der Waals surface area contributed by atoms with Gasteiger partial charge in [-0.2, -0.15) is 0 Å². The van der Waals surface area contributed by atoms with Crippen LogP contribution in [0.15, 0.2) is 60.8 Å². The van der Waals surface area contributed by atoms with Crippen LogP contribution in [0.25, 0.3) is 11.0 Å². The lowest BCUT2D eigenvalue weighted by Crippen LogP contribution is -2.30. The Labute approximate surface area is 202 Å². The van der Waals surface area contributed by atoms with E-state index in [0.717, 1.165) is 6.07 Å². The van der Waals surface area contributed by atoms with E-state index >= 15 is 0 Å². The highest BCUT2D eigenvalue weighted by Gasteiger charge is 2.22. The molecule has 0 spiro atoms. The van der Waals surface area contributed by atoms with Gasteiger partial charge in [0.05, 0.1) is 22.2 Å². The molecule has 0 aliphatic carbocycles. The number of nitrogens with one attached hydrogen (secondary N) is 1. The highest BCUT2D eigenvalue weighted by molar-refractivity contribution is 6.31. The van der Waals surface area contributed by atoms with E-state index in [9.17, 15) is 14.9 Å². The molecule has 0 aliphatic rings. The number of nitrogens with zero attached hydrogens (tertiary/aromatic N) is 4. The standard InChI is InChI=1S/C22H15Cl2N5O5/c1-12(22(30)28-21-18(29(31)32)8-9-19(24)27-21)33-14-3-5-15(6-4-14)34-20-11-25-17-10-13(23)2-7-16(17)26-20/h2-12H,1H3,(H,27,28,30). The Hall–Kier alpha value is -4.02. The van der Waals surface area contributed by atoms with Gasteiger partial charge in [-0.15, -0.1) is 0 Å².